The summed E-state index contributed by atoms with van der Waals surface area (Å²) in [6.07, 6.45) is 0.385. The normalized spacial score (nSPS) is 13.0. The van der Waals surface area contributed by atoms with Crippen molar-refractivity contribution < 1.29 is 26.3 Å². The summed E-state index contributed by atoms with van der Waals surface area (Å²) in [5.41, 5.74) is 6.11. The molecular weight excluding hydrogens is 1500 g/mol. The van der Waals surface area contributed by atoms with E-state index in [2.05, 4.69) is 59.9 Å². The average molecular weight is 1530 g/mol. The minimum Gasteiger partial charge on any atom is -0.259 e. The minimum absolute atomic E-state index is 0.00185. The van der Waals surface area contributed by atoms with Gasteiger partial charge in [0.05, 0.1) is 81.0 Å². The van der Waals surface area contributed by atoms with Crippen molar-refractivity contribution in [2.75, 3.05) is 40.0 Å². The Morgan fingerprint density at radius 2 is 0.468 bits per heavy atom. The molecule has 0 saturated carbocycles. The molecule has 111 heavy (non-hydrogen) atoms. The first-order valence-corrected chi connectivity index (χ1v) is 39.2. The number of fused-ring (bicyclic) bond motifs is 6. The maximum Gasteiger partial charge on any atom is 0.134 e. The molecule has 504 valence electrons. The SMILES string of the molecule is [B][B][B]c1ccc(-c2c(F)cc(Cc3cc(F)c(-c4ccc([B][B][B])s4)c4c3=NCN=4)c3c2=NCN=3)s1.[B][B][B]c1ccc(-c2cc(F)c(Cc3c(F)cc(-c4ccc([B][B][B])s4)c4c3=NCN=4)c3c2=NCN=3)s1.[B][B][B]c1ccc(-c2cc(F)c(Cc3cc(F)c(-c4ccc([B][B][B])s4)c4c3=NCN=4)c3c2=NCN=3)s1. The number of benzene rings is 6. The van der Waals surface area contributed by atoms with Crippen LogP contribution in [0.4, 0.5) is 26.3 Å². The lowest BCUT2D eigenvalue weighted by Gasteiger charge is -2.09. The summed E-state index contributed by atoms with van der Waals surface area (Å²) in [6.45, 7) is 1.29. The van der Waals surface area contributed by atoms with Crippen molar-refractivity contribution in [3.8, 4) is 62.6 Å². The van der Waals surface area contributed by atoms with Crippen molar-refractivity contribution in [1.29, 1.82) is 0 Å². The van der Waals surface area contributed by atoms with Crippen LogP contribution in [-0.4, -0.2) is 172 Å². The molecule has 24 radical (unpaired) electrons. The van der Waals surface area contributed by atoms with E-state index in [1.54, 1.807) is 43.0 Å². The van der Waals surface area contributed by atoms with Gasteiger partial charge in [-0.25, -0.2) is 26.3 Å². The van der Waals surface area contributed by atoms with Crippen molar-refractivity contribution in [3.63, 3.8) is 0 Å². The van der Waals surface area contributed by atoms with Crippen LogP contribution in [0.3, 0.4) is 0 Å². The molecule has 18 rings (SSSR count). The Kier molecular flexibility index (Phi) is 23.5. The predicted octanol–water partition coefficient (Wildman–Crippen LogP) is -1.51. The maximum absolute atomic E-state index is 15.6. The van der Waals surface area contributed by atoms with Crippen LogP contribution in [0.5, 0.6) is 0 Å². The van der Waals surface area contributed by atoms with Crippen LogP contribution in [0, 0.1) is 34.9 Å². The number of rotatable bonds is 24. The van der Waals surface area contributed by atoms with Gasteiger partial charge in [-0.05, 0) is 118 Å². The maximum atomic E-state index is 15.6. The van der Waals surface area contributed by atoms with Crippen LogP contribution in [0.25, 0.3) is 62.6 Å². The molecule has 0 fully saturated rings. The molecule has 6 aliphatic heterocycles. The minimum atomic E-state index is -0.456. The number of thiophene rings is 6. The van der Waals surface area contributed by atoms with Gasteiger partial charge >= 0.3 is 0 Å². The fraction of sp³-hybridized carbons (Fsp3) is 0.130. The van der Waals surface area contributed by atoms with Crippen molar-refractivity contribution in [2.45, 2.75) is 19.3 Å². The third kappa shape index (κ3) is 15.5. The Morgan fingerprint density at radius 1 is 0.243 bits per heavy atom. The smallest absolute Gasteiger partial charge is 0.134 e. The Balaban J connectivity index is 0.000000126. The van der Waals surface area contributed by atoms with E-state index in [0.717, 1.165) is 57.9 Å². The largest absolute Gasteiger partial charge is 0.259 e. The number of hydrogen-bond acceptors (Lipinski definition) is 18. The lowest BCUT2D eigenvalue weighted by molar-refractivity contribution is 0.594. The molecule has 6 aromatic carbocycles. The van der Waals surface area contributed by atoms with Gasteiger partial charge < -0.3 is 0 Å². The molecule has 0 saturated heterocycles. The third-order valence-electron chi connectivity index (χ3n) is 18.6. The van der Waals surface area contributed by atoms with Gasteiger partial charge in [0.1, 0.15) is 118 Å². The van der Waals surface area contributed by atoms with Crippen LogP contribution in [-0.2, 0) is 19.3 Å². The first kappa shape index (κ1) is 76.8. The Bertz CT molecular complexity index is 6350. The summed E-state index contributed by atoms with van der Waals surface area (Å²) in [7, 11) is 52.4. The number of hydrogen-bond donors (Lipinski definition) is 0. The van der Waals surface area contributed by atoms with E-state index < -0.39 is 34.9 Å². The Hall–Kier alpha value is -8.13. The van der Waals surface area contributed by atoms with Crippen LogP contribution in [0.15, 0.2) is 169 Å². The van der Waals surface area contributed by atoms with E-state index in [-0.39, 0.29) is 59.3 Å². The third-order valence-corrected chi connectivity index (χ3v) is 25.1. The average Bonchev–Trinajstić information content (AvgIpc) is 1.68. The van der Waals surface area contributed by atoms with Gasteiger partial charge in [-0.15, -0.1) is 0 Å². The summed E-state index contributed by atoms with van der Waals surface area (Å²) in [4.78, 5) is 58.9. The summed E-state index contributed by atoms with van der Waals surface area (Å²) in [5.74, 6) is -2.54. The molecule has 0 N–H and O–H groups in total. The fourth-order valence-corrected chi connectivity index (χ4v) is 19.6. The first-order valence-electron chi connectivity index (χ1n) is 34.3. The van der Waals surface area contributed by atoms with Crippen molar-refractivity contribution in [3.05, 3.63) is 242 Å². The highest BCUT2D eigenvalue weighted by Crippen LogP contribution is 2.30. The molecule has 6 aliphatic rings. The summed E-state index contributed by atoms with van der Waals surface area (Å²) < 4.78 is 99.0. The highest BCUT2D eigenvalue weighted by atomic mass is 32.1. The second-order valence-electron chi connectivity index (χ2n) is 25.2. The van der Waals surface area contributed by atoms with Crippen LogP contribution in [0.2, 0.25) is 0 Å². The van der Waals surface area contributed by atoms with E-state index in [1.165, 1.54) is 147 Å². The van der Waals surface area contributed by atoms with Gasteiger partial charge in [0.2, 0.25) is 0 Å². The van der Waals surface area contributed by atoms with E-state index in [1.807, 2.05) is 72.8 Å². The molecule has 12 aromatic rings. The molecule has 0 aliphatic carbocycles. The highest BCUT2D eigenvalue weighted by molar-refractivity contribution is 7.40. The first-order chi connectivity index (χ1) is 54.2. The lowest BCUT2D eigenvalue weighted by atomic mass is 9.28. The quantitative estimate of drug-likeness (QED) is 0.0513. The van der Waals surface area contributed by atoms with Crippen molar-refractivity contribution in [1.82, 2.24) is 0 Å². The molecule has 6 aromatic heterocycles. The zero-order valence-electron chi connectivity index (χ0n) is 58.2. The van der Waals surface area contributed by atoms with Gasteiger partial charge in [-0.2, -0.15) is 68.0 Å². The van der Waals surface area contributed by atoms with Crippen LogP contribution >= 0.6 is 68.0 Å². The van der Waals surface area contributed by atoms with E-state index >= 15 is 26.3 Å². The fourth-order valence-electron chi connectivity index (χ4n) is 13.9. The molecule has 42 heteroatoms. The monoisotopic (exact) mass is 1540 g/mol. The molecule has 0 spiro atoms. The molecular formula is C69H36B18F6N12S6. The standard InChI is InChI=1S/3C23H12B6F2N4S2/c24-28-26-18-3-1-16(36-18)12-6-14(30)10(20-22(12)34-8-32-20)5-11-15(31)7-13(23-21(11)33-9-35-23)17-2-4-19(37-17)27-29-25;24-28-26-17-3-1-15(36-17)12-7-13(30)11(21-22(12)34-9-33-21)5-10-6-14(31)19(23-20(10)32-8-35-23)16-2-4-18(37-16)27-29-25;24-28-26-16-3-1-14(36-16)18-12(30)6-10(20-22(18)34-8-32-20)5-11-7-13(31)19(23-21(11)33-9-35-23)15-2-4-17(37-15)27-29-25/h3*1-4,6-7H,5,8-9H2. The van der Waals surface area contributed by atoms with E-state index in [0.29, 0.717) is 131 Å². The topological polar surface area (TPSA) is 148 Å². The van der Waals surface area contributed by atoms with Gasteiger partial charge in [0, 0.05) is 171 Å². The summed E-state index contributed by atoms with van der Waals surface area (Å²) in [5, 5.41) is 6.70. The zero-order valence-corrected chi connectivity index (χ0v) is 63.1. The van der Waals surface area contributed by atoms with E-state index in [4.69, 9.17) is 46.4 Å². The van der Waals surface area contributed by atoms with Gasteiger partial charge in [-0.3, -0.25) is 59.9 Å². The number of nitrogens with zero attached hydrogens (tertiary/aromatic N) is 12. The molecule has 0 bridgehead atoms. The van der Waals surface area contributed by atoms with Crippen molar-refractivity contribution >= 4 is 228 Å². The van der Waals surface area contributed by atoms with Gasteiger partial charge in [0.25, 0.3) is 0 Å². The van der Waals surface area contributed by atoms with E-state index in [9.17, 15) is 0 Å². The molecule has 0 amide bonds. The Labute approximate surface area is 672 Å². The molecule has 12 nitrogen and oxygen atoms in total. The highest BCUT2D eigenvalue weighted by Gasteiger charge is 2.27. The predicted molar refractivity (Wildman–Crippen MR) is 451 cm³/mol. The summed E-state index contributed by atoms with van der Waals surface area (Å²) in [6, 6.07) is 31.5. The Morgan fingerprint density at radius 3 is 0.748 bits per heavy atom. The van der Waals surface area contributed by atoms with Gasteiger partial charge in [0.15, 0.2) is 0 Å². The van der Waals surface area contributed by atoms with Crippen LogP contribution in [0.1, 0.15) is 33.4 Å². The molecule has 0 atom stereocenters. The second-order valence-corrected chi connectivity index (χ2v) is 31.8. The molecule has 0 unspecified atom stereocenters. The second kappa shape index (κ2) is 33.9. The van der Waals surface area contributed by atoms with Gasteiger partial charge in [-0.1, -0.05) is 36.4 Å². The van der Waals surface area contributed by atoms with Crippen LogP contribution < -0.4 is 92.9 Å². The van der Waals surface area contributed by atoms with Crippen molar-refractivity contribution in [2.24, 2.45) is 59.9 Å². The zero-order chi connectivity index (χ0) is 76.6. The lowest BCUT2D eigenvalue weighted by Crippen LogP contribution is -2.34. The summed E-state index contributed by atoms with van der Waals surface area (Å²) >= 11 is 8.74. The molecule has 12 heterocycles. The number of halogens is 6.